The Hall–Kier alpha value is -1.84. The summed E-state index contributed by atoms with van der Waals surface area (Å²) in [5.74, 6) is -0.0940. The molecule has 0 amide bonds. The number of benzene rings is 1. The number of phenols is 1. The van der Waals surface area contributed by atoms with Gasteiger partial charge in [-0.25, -0.2) is 0 Å². The van der Waals surface area contributed by atoms with Crippen molar-refractivity contribution in [2.75, 3.05) is 0 Å². The van der Waals surface area contributed by atoms with E-state index < -0.39 is 11.5 Å². The first-order valence-electron chi connectivity index (χ1n) is 7.34. The average Bonchev–Trinajstić information content (AvgIpc) is 2.35. The first-order chi connectivity index (χ1) is 9.76. The summed E-state index contributed by atoms with van der Waals surface area (Å²) in [6, 6.07) is 3.43. The number of fused-ring (bicyclic) bond motifs is 1. The Bertz CT molecular complexity index is 587. The molecule has 1 aliphatic heterocycles. The van der Waals surface area contributed by atoms with Gasteiger partial charge in [0.05, 0.1) is 5.92 Å². The summed E-state index contributed by atoms with van der Waals surface area (Å²) in [5.41, 5.74) is 0.496. The van der Waals surface area contributed by atoms with E-state index in [1.807, 2.05) is 26.8 Å². The predicted octanol–water partition coefficient (Wildman–Crippen LogP) is 3.29. The summed E-state index contributed by atoms with van der Waals surface area (Å²) in [7, 11) is 0. The van der Waals surface area contributed by atoms with Crippen LogP contribution in [0.3, 0.4) is 0 Å². The monoisotopic (exact) mass is 290 g/mol. The summed E-state index contributed by atoms with van der Waals surface area (Å²) >= 11 is 0. The van der Waals surface area contributed by atoms with Gasteiger partial charge >= 0.3 is 0 Å². The quantitative estimate of drug-likeness (QED) is 0.924. The number of carbonyl (C=O) groups is 2. The normalized spacial score (nSPS) is 19.8. The molecule has 0 bridgehead atoms. The van der Waals surface area contributed by atoms with Crippen LogP contribution in [0.15, 0.2) is 12.1 Å². The summed E-state index contributed by atoms with van der Waals surface area (Å²) in [4.78, 5) is 23.9. The lowest BCUT2D eigenvalue weighted by Gasteiger charge is -2.39. The molecular formula is C17H22O4. The van der Waals surface area contributed by atoms with Crippen molar-refractivity contribution in [1.29, 1.82) is 0 Å². The van der Waals surface area contributed by atoms with Crippen LogP contribution in [0, 0.1) is 5.92 Å². The SMILES string of the molecule is CCc1cc(O)c2c(c1)OC(C)(C)C(CCC(C)=O)C2=O. The molecule has 0 saturated heterocycles. The van der Waals surface area contributed by atoms with Gasteiger partial charge in [0, 0.05) is 6.42 Å². The predicted molar refractivity (Wildman–Crippen MR) is 79.9 cm³/mol. The first kappa shape index (κ1) is 15.5. The van der Waals surface area contributed by atoms with E-state index in [0.717, 1.165) is 12.0 Å². The largest absolute Gasteiger partial charge is 0.507 e. The van der Waals surface area contributed by atoms with E-state index in [1.165, 1.54) is 6.92 Å². The lowest BCUT2D eigenvalue weighted by atomic mass is 9.78. The average molecular weight is 290 g/mol. The van der Waals surface area contributed by atoms with E-state index in [0.29, 0.717) is 18.6 Å². The highest BCUT2D eigenvalue weighted by Gasteiger charge is 2.44. The third kappa shape index (κ3) is 2.94. The Morgan fingerprint density at radius 2 is 2.05 bits per heavy atom. The Labute approximate surface area is 125 Å². The van der Waals surface area contributed by atoms with E-state index >= 15 is 0 Å². The lowest BCUT2D eigenvalue weighted by molar-refractivity contribution is -0.117. The van der Waals surface area contributed by atoms with Crippen LogP contribution in [0.2, 0.25) is 0 Å². The van der Waals surface area contributed by atoms with Crippen molar-refractivity contribution >= 4 is 11.6 Å². The Kier molecular flexibility index (Phi) is 4.08. The molecule has 21 heavy (non-hydrogen) atoms. The van der Waals surface area contributed by atoms with Gasteiger partial charge in [0.25, 0.3) is 0 Å². The van der Waals surface area contributed by atoms with Gasteiger partial charge in [0.15, 0.2) is 5.78 Å². The molecule has 114 valence electrons. The summed E-state index contributed by atoms with van der Waals surface area (Å²) in [6.45, 7) is 7.20. The van der Waals surface area contributed by atoms with Crippen molar-refractivity contribution in [3.05, 3.63) is 23.3 Å². The van der Waals surface area contributed by atoms with Crippen molar-refractivity contribution in [3.8, 4) is 11.5 Å². The zero-order chi connectivity index (χ0) is 15.8. The fourth-order valence-corrected chi connectivity index (χ4v) is 2.86. The number of Topliss-reactive ketones (excluding diaryl/α,β-unsaturated/α-hetero) is 2. The third-order valence-corrected chi connectivity index (χ3v) is 4.11. The number of rotatable bonds is 4. The number of aromatic hydroxyl groups is 1. The number of aryl methyl sites for hydroxylation is 1. The van der Waals surface area contributed by atoms with Gasteiger partial charge in [-0.05, 0) is 51.3 Å². The number of phenolic OH excluding ortho intramolecular Hbond substituents is 1. The number of ketones is 2. The van der Waals surface area contributed by atoms with Gasteiger partial charge in [0.2, 0.25) is 0 Å². The van der Waals surface area contributed by atoms with E-state index in [-0.39, 0.29) is 22.9 Å². The van der Waals surface area contributed by atoms with Gasteiger partial charge in [-0.2, -0.15) is 0 Å². The maximum absolute atomic E-state index is 12.7. The maximum atomic E-state index is 12.7. The topological polar surface area (TPSA) is 63.6 Å². The van der Waals surface area contributed by atoms with Gasteiger partial charge in [0.1, 0.15) is 28.4 Å². The van der Waals surface area contributed by atoms with Gasteiger partial charge in [-0.1, -0.05) is 6.92 Å². The van der Waals surface area contributed by atoms with Gasteiger partial charge < -0.3 is 14.6 Å². The van der Waals surface area contributed by atoms with Crippen LogP contribution in [0.5, 0.6) is 11.5 Å². The number of hydrogen-bond donors (Lipinski definition) is 1. The minimum absolute atomic E-state index is 0.0299. The molecule has 1 aromatic carbocycles. The first-order valence-corrected chi connectivity index (χ1v) is 7.34. The Balaban J connectivity index is 2.43. The van der Waals surface area contributed by atoms with Crippen molar-refractivity contribution in [2.45, 2.75) is 52.6 Å². The fraction of sp³-hybridized carbons (Fsp3) is 0.529. The molecule has 0 radical (unpaired) electrons. The third-order valence-electron chi connectivity index (χ3n) is 4.11. The van der Waals surface area contributed by atoms with Gasteiger partial charge in [-0.3, -0.25) is 4.79 Å². The minimum atomic E-state index is -0.682. The Morgan fingerprint density at radius 3 is 2.62 bits per heavy atom. The van der Waals surface area contributed by atoms with Crippen molar-refractivity contribution < 1.29 is 19.4 Å². The highest BCUT2D eigenvalue weighted by molar-refractivity contribution is 6.04. The standard InChI is InChI=1S/C17H22O4/c1-5-11-8-13(19)15-14(9-11)21-17(3,4)12(16(15)20)7-6-10(2)18/h8-9,12,19H,5-7H2,1-4H3. The summed E-state index contributed by atoms with van der Waals surface area (Å²) < 4.78 is 5.97. The van der Waals surface area contributed by atoms with Crippen molar-refractivity contribution in [1.82, 2.24) is 0 Å². The molecule has 1 atom stereocenters. The van der Waals surface area contributed by atoms with Crippen LogP contribution in [0.4, 0.5) is 0 Å². The molecule has 2 rings (SSSR count). The second kappa shape index (κ2) is 5.51. The molecule has 1 aliphatic rings. The van der Waals surface area contributed by atoms with E-state index in [2.05, 4.69) is 0 Å². The molecule has 1 heterocycles. The van der Waals surface area contributed by atoms with Crippen LogP contribution in [0.25, 0.3) is 0 Å². The van der Waals surface area contributed by atoms with Crippen molar-refractivity contribution in [3.63, 3.8) is 0 Å². The van der Waals surface area contributed by atoms with E-state index in [9.17, 15) is 14.7 Å². The molecule has 0 aromatic heterocycles. The number of carbonyl (C=O) groups excluding carboxylic acids is 2. The van der Waals surface area contributed by atoms with Crippen LogP contribution < -0.4 is 4.74 Å². The van der Waals surface area contributed by atoms with Crippen LogP contribution in [-0.2, 0) is 11.2 Å². The zero-order valence-electron chi connectivity index (χ0n) is 13.0. The molecule has 0 fully saturated rings. The fourth-order valence-electron chi connectivity index (χ4n) is 2.86. The maximum Gasteiger partial charge on any atom is 0.177 e. The van der Waals surface area contributed by atoms with E-state index in [1.54, 1.807) is 6.07 Å². The minimum Gasteiger partial charge on any atom is -0.507 e. The molecule has 4 heteroatoms. The van der Waals surface area contributed by atoms with Crippen LogP contribution >= 0.6 is 0 Å². The lowest BCUT2D eigenvalue weighted by Crippen LogP contribution is -2.46. The van der Waals surface area contributed by atoms with E-state index in [4.69, 9.17) is 4.74 Å². The molecule has 0 aliphatic carbocycles. The summed E-state index contributed by atoms with van der Waals surface area (Å²) in [6.07, 6.45) is 1.54. The molecule has 1 N–H and O–H groups in total. The second-order valence-corrected chi connectivity index (χ2v) is 6.20. The van der Waals surface area contributed by atoms with Gasteiger partial charge in [-0.15, -0.1) is 0 Å². The number of hydrogen-bond acceptors (Lipinski definition) is 4. The van der Waals surface area contributed by atoms with Crippen molar-refractivity contribution in [2.24, 2.45) is 5.92 Å². The number of ether oxygens (including phenoxy) is 1. The molecular weight excluding hydrogens is 268 g/mol. The molecule has 1 unspecified atom stereocenters. The zero-order valence-corrected chi connectivity index (χ0v) is 13.0. The van der Waals surface area contributed by atoms with Crippen LogP contribution in [-0.4, -0.2) is 22.3 Å². The molecule has 4 nitrogen and oxygen atoms in total. The molecule has 0 saturated carbocycles. The highest BCUT2D eigenvalue weighted by atomic mass is 16.5. The molecule has 0 spiro atoms. The Morgan fingerprint density at radius 1 is 1.38 bits per heavy atom. The smallest absolute Gasteiger partial charge is 0.177 e. The van der Waals surface area contributed by atoms with Crippen LogP contribution in [0.1, 0.15) is 56.5 Å². The highest BCUT2D eigenvalue weighted by Crippen LogP contribution is 2.43. The summed E-state index contributed by atoms with van der Waals surface area (Å²) in [5, 5.41) is 10.1. The molecule has 1 aromatic rings. The second-order valence-electron chi connectivity index (χ2n) is 6.20.